The molecule has 150 valence electrons. The summed E-state index contributed by atoms with van der Waals surface area (Å²) in [6, 6.07) is 17.2. The van der Waals surface area contributed by atoms with E-state index >= 15 is 0 Å². The lowest BCUT2D eigenvalue weighted by Gasteiger charge is -2.27. The summed E-state index contributed by atoms with van der Waals surface area (Å²) < 4.78 is 5.36. The molecular weight excluding hydrogens is 400 g/mol. The van der Waals surface area contributed by atoms with Crippen LogP contribution in [-0.4, -0.2) is 26.4 Å². The van der Waals surface area contributed by atoms with Gasteiger partial charge in [-0.25, -0.2) is 4.98 Å². The van der Waals surface area contributed by atoms with E-state index in [1.165, 1.54) is 0 Å². The number of fused-ring (bicyclic) bond motifs is 1. The van der Waals surface area contributed by atoms with Crippen LogP contribution in [0.2, 0.25) is 5.02 Å². The quantitative estimate of drug-likeness (QED) is 0.534. The number of nitrogens with zero attached hydrogens (tertiary/aromatic N) is 3. The molecule has 4 aromatic rings. The first-order valence-corrected chi connectivity index (χ1v) is 10.1. The van der Waals surface area contributed by atoms with Crippen molar-refractivity contribution in [2.75, 3.05) is 6.54 Å². The Bertz CT molecular complexity index is 1230. The fourth-order valence-corrected chi connectivity index (χ4v) is 3.85. The zero-order chi connectivity index (χ0) is 20.5. The maximum Gasteiger partial charge on any atom is 0.256 e. The van der Waals surface area contributed by atoms with E-state index in [-0.39, 0.29) is 5.56 Å². The van der Waals surface area contributed by atoms with Gasteiger partial charge in [-0.05, 0) is 36.4 Å². The van der Waals surface area contributed by atoms with Crippen molar-refractivity contribution in [1.82, 2.24) is 19.9 Å². The highest BCUT2D eigenvalue weighted by molar-refractivity contribution is 6.30. The number of furan rings is 1. The molecule has 1 N–H and O–H groups in total. The summed E-state index contributed by atoms with van der Waals surface area (Å²) in [5.41, 5.74) is 4.33. The normalized spacial score (nSPS) is 13.9. The molecule has 0 fully saturated rings. The molecule has 0 spiro atoms. The highest BCUT2D eigenvalue weighted by Crippen LogP contribution is 2.22. The van der Waals surface area contributed by atoms with Crippen LogP contribution in [0.5, 0.6) is 0 Å². The van der Waals surface area contributed by atoms with E-state index in [2.05, 4.69) is 14.9 Å². The Morgan fingerprint density at radius 3 is 2.73 bits per heavy atom. The largest absolute Gasteiger partial charge is 0.461 e. The van der Waals surface area contributed by atoms with Gasteiger partial charge in [0.15, 0.2) is 11.6 Å². The SMILES string of the molecule is O=c1[nH]c(-c2ccco2)nc2c1CN(Cc1cccc(-c3ccc(Cl)cc3)n1)CC2. The van der Waals surface area contributed by atoms with Gasteiger partial charge < -0.3 is 9.40 Å². The molecular formula is C23H19ClN4O2. The smallest absolute Gasteiger partial charge is 0.256 e. The predicted molar refractivity (Wildman–Crippen MR) is 115 cm³/mol. The molecule has 0 radical (unpaired) electrons. The molecule has 0 amide bonds. The predicted octanol–water partition coefficient (Wildman–Crippen LogP) is 4.30. The first kappa shape index (κ1) is 18.8. The van der Waals surface area contributed by atoms with Crippen LogP contribution >= 0.6 is 11.6 Å². The van der Waals surface area contributed by atoms with Gasteiger partial charge in [-0.15, -0.1) is 0 Å². The van der Waals surface area contributed by atoms with Crippen LogP contribution < -0.4 is 5.56 Å². The van der Waals surface area contributed by atoms with Crippen molar-refractivity contribution >= 4 is 11.6 Å². The Balaban J connectivity index is 1.35. The van der Waals surface area contributed by atoms with Gasteiger partial charge in [0.1, 0.15) is 0 Å². The molecule has 6 nitrogen and oxygen atoms in total. The topological polar surface area (TPSA) is 75.0 Å². The van der Waals surface area contributed by atoms with Gasteiger partial charge in [0.25, 0.3) is 5.56 Å². The maximum atomic E-state index is 12.7. The number of halogens is 1. The van der Waals surface area contributed by atoms with Crippen LogP contribution in [0, 0.1) is 0 Å². The molecule has 4 heterocycles. The summed E-state index contributed by atoms with van der Waals surface area (Å²) in [5, 5.41) is 0.705. The summed E-state index contributed by atoms with van der Waals surface area (Å²) in [6.07, 6.45) is 2.28. The van der Waals surface area contributed by atoms with Crippen LogP contribution in [-0.2, 0) is 19.5 Å². The zero-order valence-electron chi connectivity index (χ0n) is 16.1. The third kappa shape index (κ3) is 3.79. The van der Waals surface area contributed by atoms with Crippen molar-refractivity contribution < 1.29 is 4.42 Å². The van der Waals surface area contributed by atoms with Crippen LogP contribution in [0.15, 0.2) is 70.1 Å². The number of aromatic amines is 1. The van der Waals surface area contributed by atoms with Crippen molar-refractivity contribution in [3.05, 3.63) is 93.2 Å². The summed E-state index contributed by atoms with van der Waals surface area (Å²) in [7, 11) is 0. The van der Waals surface area contributed by atoms with E-state index in [0.717, 1.165) is 29.2 Å². The molecule has 1 aliphatic heterocycles. The molecule has 0 saturated carbocycles. The second-order valence-corrected chi connectivity index (χ2v) is 7.74. The average molecular weight is 419 g/mol. The molecule has 30 heavy (non-hydrogen) atoms. The Kier molecular flexibility index (Phi) is 4.94. The standard InChI is InChI=1S/C23H19ClN4O2/c24-16-8-6-15(7-9-16)19-4-1-3-17(25-19)13-28-11-10-20-18(14-28)23(29)27-22(26-20)21-5-2-12-30-21/h1-9,12H,10-11,13-14H2,(H,26,27,29). The first-order chi connectivity index (χ1) is 14.7. The van der Waals surface area contributed by atoms with E-state index in [1.54, 1.807) is 18.4 Å². The maximum absolute atomic E-state index is 12.7. The minimum atomic E-state index is -0.112. The van der Waals surface area contributed by atoms with Crippen LogP contribution in [0.1, 0.15) is 17.0 Å². The number of pyridine rings is 1. The number of hydrogen-bond donors (Lipinski definition) is 1. The Morgan fingerprint density at radius 2 is 1.93 bits per heavy atom. The summed E-state index contributed by atoms with van der Waals surface area (Å²) >= 11 is 5.99. The molecule has 0 aliphatic carbocycles. The molecule has 5 rings (SSSR count). The van der Waals surface area contributed by atoms with Gasteiger partial charge in [0, 0.05) is 36.6 Å². The number of H-pyrrole nitrogens is 1. The van der Waals surface area contributed by atoms with Gasteiger partial charge in [-0.3, -0.25) is 14.7 Å². The Morgan fingerprint density at radius 1 is 1.07 bits per heavy atom. The minimum Gasteiger partial charge on any atom is -0.461 e. The summed E-state index contributed by atoms with van der Waals surface area (Å²) in [6.45, 7) is 2.02. The molecule has 7 heteroatoms. The molecule has 0 saturated heterocycles. The number of rotatable bonds is 4. The molecule has 0 unspecified atom stereocenters. The number of hydrogen-bond acceptors (Lipinski definition) is 5. The molecule has 1 aromatic carbocycles. The number of nitrogens with one attached hydrogen (secondary N) is 1. The van der Waals surface area contributed by atoms with Crippen molar-refractivity contribution in [2.24, 2.45) is 0 Å². The number of aromatic nitrogens is 3. The average Bonchev–Trinajstić information content (AvgIpc) is 3.30. The lowest BCUT2D eigenvalue weighted by molar-refractivity contribution is 0.239. The van der Waals surface area contributed by atoms with Crippen molar-refractivity contribution in [3.8, 4) is 22.8 Å². The Hall–Kier alpha value is -3.22. The van der Waals surface area contributed by atoms with Gasteiger partial charge in [-0.2, -0.15) is 0 Å². The van der Waals surface area contributed by atoms with Crippen molar-refractivity contribution in [2.45, 2.75) is 19.5 Å². The van der Waals surface area contributed by atoms with E-state index < -0.39 is 0 Å². The second-order valence-electron chi connectivity index (χ2n) is 7.30. The monoisotopic (exact) mass is 418 g/mol. The fourth-order valence-electron chi connectivity index (χ4n) is 3.72. The van der Waals surface area contributed by atoms with E-state index in [4.69, 9.17) is 21.0 Å². The molecule has 0 atom stereocenters. The summed E-state index contributed by atoms with van der Waals surface area (Å²) in [5.74, 6) is 1.05. The van der Waals surface area contributed by atoms with Crippen molar-refractivity contribution in [3.63, 3.8) is 0 Å². The molecule has 3 aromatic heterocycles. The van der Waals surface area contributed by atoms with E-state index in [0.29, 0.717) is 41.7 Å². The van der Waals surface area contributed by atoms with Crippen LogP contribution in [0.3, 0.4) is 0 Å². The van der Waals surface area contributed by atoms with E-state index in [1.807, 2.05) is 42.5 Å². The summed E-state index contributed by atoms with van der Waals surface area (Å²) in [4.78, 5) is 27.1. The van der Waals surface area contributed by atoms with Crippen molar-refractivity contribution in [1.29, 1.82) is 0 Å². The molecule has 1 aliphatic rings. The lowest BCUT2D eigenvalue weighted by atomic mass is 10.1. The fraction of sp³-hybridized carbons (Fsp3) is 0.174. The van der Waals surface area contributed by atoms with E-state index in [9.17, 15) is 4.79 Å². The molecule has 0 bridgehead atoms. The second kappa shape index (κ2) is 7.89. The van der Waals surface area contributed by atoms with Crippen LogP contribution in [0.4, 0.5) is 0 Å². The number of benzene rings is 1. The van der Waals surface area contributed by atoms with Gasteiger partial charge in [-0.1, -0.05) is 29.8 Å². The first-order valence-electron chi connectivity index (χ1n) is 9.76. The highest BCUT2D eigenvalue weighted by atomic mass is 35.5. The van der Waals surface area contributed by atoms with Crippen LogP contribution in [0.25, 0.3) is 22.8 Å². The minimum absolute atomic E-state index is 0.112. The van der Waals surface area contributed by atoms with Gasteiger partial charge in [0.2, 0.25) is 0 Å². The third-order valence-electron chi connectivity index (χ3n) is 5.23. The third-order valence-corrected chi connectivity index (χ3v) is 5.49. The highest BCUT2D eigenvalue weighted by Gasteiger charge is 2.22. The van der Waals surface area contributed by atoms with Gasteiger partial charge in [0.05, 0.1) is 28.9 Å². The lowest BCUT2D eigenvalue weighted by Crippen LogP contribution is -2.35. The zero-order valence-corrected chi connectivity index (χ0v) is 16.9. The van der Waals surface area contributed by atoms with Gasteiger partial charge >= 0.3 is 0 Å². The Labute approximate surface area is 178 Å².